The molecule has 12 heteroatoms. The molecule has 4 aliphatic rings. The highest BCUT2D eigenvalue weighted by molar-refractivity contribution is 5.96. The van der Waals surface area contributed by atoms with Crippen LogP contribution in [-0.2, 0) is 52.8 Å². The summed E-state index contributed by atoms with van der Waals surface area (Å²) in [5, 5.41) is 24.1. The molecule has 0 spiro atoms. The number of carbonyl (C=O) groups is 3. The molecule has 4 fully saturated rings. The minimum Gasteiger partial charge on any atom is -0.508 e. The fourth-order valence-corrected chi connectivity index (χ4v) is 9.61. The van der Waals surface area contributed by atoms with E-state index in [-0.39, 0.29) is 38.3 Å². The van der Waals surface area contributed by atoms with Crippen molar-refractivity contribution in [2.75, 3.05) is 20.2 Å². The second kappa shape index (κ2) is 19.4. The van der Waals surface area contributed by atoms with E-state index in [0.717, 1.165) is 60.8 Å². The number of amides is 2. The molecular formula is C48H61N3O9. The summed E-state index contributed by atoms with van der Waals surface area (Å²) in [6.07, 6.45) is 9.22. The number of likely N-dealkylation sites (N-methyl/N-ethyl adjacent to an activating group) is 1. The molecule has 322 valence electrons. The normalized spacial score (nSPS) is 25.8. The summed E-state index contributed by atoms with van der Waals surface area (Å²) in [5.41, 5.74) is 2.06. The van der Waals surface area contributed by atoms with Gasteiger partial charge < -0.3 is 34.6 Å². The number of phenolic OH excluding ortho intramolecular Hbond substituents is 1. The van der Waals surface area contributed by atoms with Gasteiger partial charge in [-0.3, -0.25) is 19.2 Å². The molecule has 7 rings (SSSR count). The molecular weight excluding hydrogens is 763 g/mol. The number of fused-ring (bicyclic) bond motifs is 4. The molecule has 3 aliphatic heterocycles. The number of aromatic hydroxyl groups is 1. The van der Waals surface area contributed by atoms with E-state index in [9.17, 15) is 19.8 Å². The Morgan fingerprint density at radius 2 is 1.60 bits per heavy atom. The number of nitrogens with zero attached hydrogens (tertiary/aromatic N) is 2. The number of phenols is 1. The molecule has 60 heavy (non-hydrogen) atoms. The van der Waals surface area contributed by atoms with Gasteiger partial charge >= 0.3 is 5.97 Å². The van der Waals surface area contributed by atoms with Gasteiger partial charge in [-0.05, 0) is 47.6 Å². The molecule has 3 N–H and O–H groups in total. The van der Waals surface area contributed by atoms with Gasteiger partial charge in [0, 0.05) is 39.3 Å². The third-order valence-electron chi connectivity index (χ3n) is 12.7. The lowest BCUT2D eigenvalue weighted by atomic mass is 9.62. The SMILES string of the molecule is CCCCCC1(CCCCC)OC2C3CC4(C(=O)N(C)C(Cc5ccccc5)C(=O)NCCO)C(ON(Cc5ccc(C=CCc6ccccc6O)cc5)C4C(=O)O3)C2O1. The molecule has 7 unspecified atom stereocenters. The standard InChI is InChI=1S/C48H61N3O9/c1-4-6-13-26-47(27-14-7-5-2)58-40-39-31-48(46(56)50(3)37(44(54)49-28-29-52)30-34-16-9-8-10-17-34)42(45(55)57-39)51(60-43(48)41(40)59-47)32-35-24-22-33(23-25-35)18-15-20-36-19-11-12-21-38(36)53/h8-12,15-19,21-25,37,39-43,52-53H,4-7,13-14,20,26-32H2,1-3H3,(H,49,54). The summed E-state index contributed by atoms with van der Waals surface area (Å²) in [4.78, 5) is 52.2. The molecule has 0 radical (unpaired) electrons. The lowest BCUT2D eigenvalue weighted by Crippen LogP contribution is -2.70. The van der Waals surface area contributed by atoms with E-state index in [1.54, 1.807) is 24.2 Å². The number of carbonyl (C=O) groups excluding carboxylic acids is 3. The molecule has 3 saturated heterocycles. The largest absolute Gasteiger partial charge is 0.508 e. The van der Waals surface area contributed by atoms with Gasteiger partial charge in [-0.1, -0.05) is 124 Å². The van der Waals surface area contributed by atoms with Crippen LogP contribution in [0.3, 0.4) is 0 Å². The van der Waals surface area contributed by atoms with Gasteiger partial charge in [-0.25, -0.2) is 0 Å². The molecule has 2 bridgehead atoms. The van der Waals surface area contributed by atoms with Crippen molar-refractivity contribution in [3.63, 3.8) is 0 Å². The van der Waals surface area contributed by atoms with E-state index in [1.165, 1.54) is 4.90 Å². The minimum absolute atomic E-state index is 0.0338. The lowest BCUT2D eigenvalue weighted by Gasteiger charge is -2.50. The number of hydrogen-bond donors (Lipinski definition) is 3. The van der Waals surface area contributed by atoms with Crippen LogP contribution >= 0.6 is 0 Å². The second-order valence-corrected chi connectivity index (χ2v) is 16.8. The first-order chi connectivity index (χ1) is 29.1. The number of nitrogens with one attached hydrogen (secondary N) is 1. The number of ether oxygens (including phenoxy) is 3. The minimum atomic E-state index is -1.46. The fraction of sp³-hybridized carbons (Fsp3) is 0.521. The zero-order chi connectivity index (χ0) is 42.3. The number of aliphatic hydroxyl groups is 1. The Morgan fingerprint density at radius 3 is 2.28 bits per heavy atom. The van der Waals surface area contributed by atoms with Crippen molar-refractivity contribution in [2.24, 2.45) is 5.41 Å². The first kappa shape index (κ1) is 43.5. The first-order valence-electron chi connectivity index (χ1n) is 21.8. The zero-order valence-corrected chi connectivity index (χ0v) is 35.2. The van der Waals surface area contributed by atoms with Crippen molar-refractivity contribution < 1.29 is 43.6 Å². The maximum atomic E-state index is 15.5. The van der Waals surface area contributed by atoms with Crippen LogP contribution in [0.5, 0.6) is 5.75 Å². The highest BCUT2D eigenvalue weighted by Crippen LogP contribution is 2.58. The molecule has 2 amide bonds. The van der Waals surface area contributed by atoms with E-state index < -0.39 is 65.5 Å². The van der Waals surface area contributed by atoms with Crippen LogP contribution in [0.2, 0.25) is 0 Å². The average Bonchev–Trinajstić information content (AvgIpc) is 3.81. The number of aliphatic hydroxyl groups excluding tert-OH is 1. The van der Waals surface area contributed by atoms with Crippen molar-refractivity contribution in [3.8, 4) is 5.75 Å². The monoisotopic (exact) mass is 823 g/mol. The molecule has 3 aromatic rings. The summed E-state index contributed by atoms with van der Waals surface area (Å²) < 4.78 is 20.3. The number of esters is 1. The summed E-state index contributed by atoms with van der Waals surface area (Å²) in [6.45, 7) is 4.29. The smallest absolute Gasteiger partial charge is 0.327 e. The summed E-state index contributed by atoms with van der Waals surface area (Å²) in [5.74, 6) is -2.03. The van der Waals surface area contributed by atoms with Gasteiger partial charge in [-0.15, -0.1) is 0 Å². The molecule has 1 aliphatic carbocycles. The van der Waals surface area contributed by atoms with E-state index in [4.69, 9.17) is 19.0 Å². The van der Waals surface area contributed by atoms with E-state index >= 15 is 4.79 Å². The van der Waals surface area contributed by atoms with Crippen molar-refractivity contribution in [3.05, 3.63) is 107 Å². The Balaban J connectivity index is 1.21. The predicted octanol–water partition coefficient (Wildman–Crippen LogP) is 6.27. The first-order valence-corrected chi connectivity index (χ1v) is 21.8. The van der Waals surface area contributed by atoms with E-state index in [1.807, 2.05) is 78.9 Å². The summed E-state index contributed by atoms with van der Waals surface area (Å²) in [7, 11) is 1.62. The van der Waals surface area contributed by atoms with Gasteiger partial charge in [0.15, 0.2) is 11.8 Å². The molecule has 3 heterocycles. The number of para-hydroxylation sites is 1. The number of hydroxylamine groups is 2. The molecule has 0 aromatic heterocycles. The highest BCUT2D eigenvalue weighted by atomic mass is 16.8. The fourth-order valence-electron chi connectivity index (χ4n) is 9.61. The van der Waals surface area contributed by atoms with Crippen LogP contribution in [0, 0.1) is 5.41 Å². The van der Waals surface area contributed by atoms with Crippen LogP contribution in [0.25, 0.3) is 6.08 Å². The Morgan fingerprint density at radius 1 is 0.917 bits per heavy atom. The molecule has 1 saturated carbocycles. The molecule has 7 atom stereocenters. The lowest BCUT2D eigenvalue weighted by molar-refractivity contribution is -0.225. The Kier molecular flexibility index (Phi) is 14.1. The summed E-state index contributed by atoms with van der Waals surface area (Å²) in [6, 6.07) is 22.6. The van der Waals surface area contributed by atoms with Crippen molar-refractivity contribution in [1.29, 1.82) is 0 Å². The van der Waals surface area contributed by atoms with Crippen molar-refractivity contribution in [1.82, 2.24) is 15.3 Å². The van der Waals surface area contributed by atoms with Gasteiger partial charge in [0.1, 0.15) is 41.6 Å². The molecule has 12 nitrogen and oxygen atoms in total. The Hall–Kier alpha value is -4.59. The zero-order valence-electron chi connectivity index (χ0n) is 35.2. The Bertz CT molecular complexity index is 1950. The summed E-state index contributed by atoms with van der Waals surface area (Å²) >= 11 is 0. The van der Waals surface area contributed by atoms with Crippen LogP contribution in [-0.4, -0.2) is 100 Å². The second-order valence-electron chi connectivity index (χ2n) is 16.8. The quantitative estimate of drug-likeness (QED) is 0.0881. The number of allylic oxidation sites excluding steroid dienone is 1. The van der Waals surface area contributed by atoms with E-state index in [0.29, 0.717) is 19.3 Å². The Labute approximate surface area is 353 Å². The van der Waals surface area contributed by atoms with Gasteiger partial charge in [-0.2, -0.15) is 5.06 Å². The maximum absolute atomic E-state index is 15.5. The van der Waals surface area contributed by atoms with E-state index in [2.05, 4.69) is 19.2 Å². The average molecular weight is 824 g/mol. The van der Waals surface area contributed by atoms with Crippen LogP contribution in [0.1, 0.15) is 93.9 Å². The van der Waals surface area contributed by atoms with Gasteiger partial charge in [0.25, 0.3) is 0 Å². The number of rotatable bonds is 20. The predicted molar refractivity (Wildman–Crippen MR) is 226 cm³/mol. The van der Waals surface area contributed by atoms with Crippen molar-refractivity contribution in [2.45, 2.75) is 133 Å². The molecule has 3 aromatic carbocycles. The van der Waals surface area contributed by atoms with Crippen LogP contribution in [0.15, 0.2) is 84.9 Å². The van der Waals surface area contributed by atoms with Crippen LogP contribution in [0.4, 0.5) is 0 Å². The maximum Gasteiger partial charge on any atom is 0.327 e. The van der Waals surface area contributed by atoms with Crippen LogP contribution < -0.4 is 5.32 Å². The number of hydrogen-bond acceptors (Lipinski definition) is 10. The topological polar surface area (TPSA) is 147 Å². The highest BCUT2D eigenvalue weighted by Gasteiger charge is 2.76. The third kappa shape index (κ3) is 9.04. The van der Waals surface area contributed by atoms with Gasteiger partial charge in [0.05, 0.1) is 13.2 Å². The third-order valence-corrected chi connectivity index (χ3v) is 12.7. The van der Waals surface area contributed by atoms with Crippen molar-refractivity contribution >= 4 is 23.9 Å². The number of unbranched alkanes of at least 4 members (excludes halogenated alkanes) is 4. The number of benzene rings is 3. The van der Waals surface area contributed by atoms with Gasteiger partial charge in [0.2, 0.25) is 11.8 Å².